The predicted octanol–water partition coefficient (Wildman–Crippen LogP) is 10.4. The SMILES string of the molecule is [2H]c1c([2H])c([2H])c(-c2cc3c4c(c2)N(c2c([2H])c([2H])c([2H])c([2H])c2[2H])c2c(c5oc6ccccc6c5c5c2sc2ccccc25)B4c2ccccc2S3)c([2H])c1[2H]. The van der Waals surface area contributed by atoms with E-state index >= 15 is 0 Å². The Hall–Kier alpha value is -5.23. The van der Waals surface area contributed by atoms with Gasteiger partial charge >= 0.3 is 0 Å². The Morgan fingerprint density at radius 3 is 2.28 bits per heavy atom. The highest BCUT2D eigenvalue weighted by Crippen LogP contribution is 2.52. The van der Waals surface area contributed by atoms with E-state index in [0.29, 0.717) is 28.1 Å². The lowest BCUT2D eigenvalue weighted by Crippen LogP contribution is -2.60. The van der Waals surface area contributed by atoms with Crippen LogP contribution in [0, 0.1) is 0 Å². The molecule has 5 heteroatoms. The maximum atomic E-state index is 9.40. The zero-order chi connectivity index (χ0) is 39.3. The molecule has 218 valence electrons. The van der Waals surface area contributed by atoms with Crippen molar-refractivity contribution in [2.75, 3.05) is 4.90 Å². The van der Waals surface area contributed by atoms with Gasteiger partial charge < -0.3 is 9.32 Å². The van der Waals surface area contributed by atoms with Crippen LogP contribution in [0.1, 0.15) is 13.7 Å². The summed E-state index contributed by atoms with van der Waals surface area (Å²) in [6.07, 6.45) is 0. The largest absolute Gasteiger partial charge is 0.456 e. The summed E-state index contributed by atoms with van der Waals surface area (Å²) >= 11 is 3.04. The van der Waals surface area contributed by atoms with Crippen molar-refractivity contribution in [3.8, 4) is 11.1 Å². The van der Waals surface area contributed by atoms with Crippen molar-refractivity contribution >= 4 is 105 Å². The molecular formula is C42H24BNOS2. The number of nitrogens with zero attached hydrogens (tertiary/aromatic N) is 1. The van der Waals surface area contributed by atoms with Gasteiger partial charge in [0.25, 0.3) is 6.71 Å². The van der Waals surface area contributed by atoms with Gasteiger partial charge in [-0.1, -0.05) is 120 Å². The summed E-state index contributed by atoms with van der Waals surface area (Å²) in [7, 11) is 0. The van der Waals surface area contributed by atoms with Gasteiger partial charge in [-0.05, 0) is 64.5 Å². The molecule has 0 unspecified atom stereocenters. The minimum absolute atomic E-state index is 0.00242. The van der Waals surface area contributed by atoms with E-state index in [0.717, 1.165) is 57.1 Å². The van der Waals surface area contributed by atoms with E-state index in [-0.39, 0.29) is 23.3 Å². The van der Waals surface area contributed by atoms with Crippen LogP contribution in [0.4, 0.5) is 17.1 Å². The second-order valence-electron chi connectivity index (χ2n) is 11.7. The number of thiophene rings is 1. The Morgan fingerprint density at radius 1 is 0.660 bits per heavy atom. The Morgan fingerprint density at radius 2 is 1.40 bits per heavy atom. The summed E-state index contributed by atoms with van der Waals surface area (Å²) in [5.74, 6) is 0. The summed E-state index contributed by atoms with van der Waals surface area (Å²) in [5, 5.41) is 3.75. The van der Waals surface area contributed by atoms with Gasteiger partial charge in [0.05, 0.1) is 24.1 Å². The lowest BCUT2D eigenvalue weighted by Gasteiger charge is -2.40. The summed E-state index contributed by atoms with van der Waals surface area (Å²) in [6.45, 7) is -0.463. The van der Waals surface area contributed by atoms with E-state index in [2.05, 4.69) is 12.1 Å². The molecule has 0 radical (unpaired) electrons. The van der Waals surface area contributed by atoms with Crippen LogP contribution in [0.25, 0.3) is 53.2 Å². The molecule has 0 bridgehead atoms. The second kappa shape index (κ2) is 9.65. The van der Waals surface area contributed by atoms with Crippen molar-refractivity contribution in [2.45, 2.75) is 9.79 Å². The fourth-order valence-corrected chi connectivity index (χ4v) is 9.93. The third kappa shape index (κ3) is 3.53. The summed E-state index contributed by atoms with van der Waals surface area (Å²) in [4.78, 5) is 3.45. The molecule has 0 fully saturated rings. The molecular weight excluding hydrogens is 609 g/mol. The zero-order valence-electron chi connectivity index (χ0n) is 34.3. The third-order valence-electron chi connectivity index (χ3n) is 9.27. The first-order chi connectivity index (χ1) is 27.5. The lowest BCUT2D eigenvalue weighted by atomic mass is 9.34. The molecule has 11 rings (SSSR count). The number of rotatable bonds is 2. The van der Waals surface area contributed by atoms with Crippen LogP contribution in [0.3, 0.4) is 0 Å². The van der Waals surface area contributed by atoms with Crippen LogP contribution < -0.4 is 21.3 Å². The van der Waals surface area contributed by atoms with Gasteiger partial charge in [0.2, 0.25) is 0 Å². The molecule has 0 aliphatic carbocycles. The predicted molar refractivity (Wildman–Crippen MR) is 202 cm³/mol. The Bertz CT molecular complexity index is 3270. The quantitative estimate of drug-likeness (QED) is 0.175. The molecule has 0 saturated carbocycles. The first kappa shape index (κ1) is 18.2. The van der Waals surface area contributed by atoms with E-state index < -0.39 is 55.1 Å². The van der Waals surface area contributed by atoms with Crippen molar-refractivity contribution in [1.29, 1.82) is 0 Å². The van der Waals surface area contributed by atoms with E-state index in [4.69, 9.17) is 15.4 Å². The highest BCUT2D eigenvalue weighted by molar-refractivity contribution is 8.00. The van der Waals surface area contributed by atoms with E-state index in [1.54, 1.807) is 22.3 Å². The molecule has 0 N–H and O–H groups in total. The minimum atomic E-state index is -0.525. The number of hydrogen-bond acceptors (Lipinski definition) is 4. The van der Waals surface area contributed by atoms with Crippen molar-refractivity contribution in [1.82, 2.24) is 0 Å². The average Bonchev–Trinajstić information content (AvgIpc) is 3.80. The smallest absolute Gasteiger partial charge is 0.254 e. The molecule has 7 aromatic carbocycles. The van der Waals surface area contributed by atoms with Crippen LogP contribution >= 0.6 is 23.1 Å². The Labute approximate surface area is 294 Å². The minimum Gasteiger partial charge on any atom is -0.456 e. The molecule has 2 aromatic heterocycles. The summed E-state index contributed by atoms with van der Waals surface area (Å²) < 4.78 is 97.1. The number of para-hydroxylation sites is 2. The normalized spacial score (nSPS) is 16.3. The van der Waals surface area contributed by atoms with Crippen LogP contribution in [0.5, 0.6) is 0 Å². The van der Waals surface area contributed by atoms with Crippen molar-refractivity contribution in [2.24, 2.45) is 0 Å². The fraction of sp³-hybridized carbons (Fsp3) is 0. The standard InChI is InChI=1S/C42H24BNOS2/c1-3-13-25(14-4-1)26-23-31-38-35(24-26)46-34-22-12-9-19-30(34)43(38)39-40(44(31)27-15-5-2-6-16-27)42-37(29-18-8-11-21-33(29)47-42)36-28-17-7-10-20-32(28)45-41(36)39/h1-24H/i1D,2D,3D,4D,5D,6D,13D,14D,15D,16D. The number of benzene rings is 7. The molecule has 47 heavy (non-hydrogen) atoms. The van der Waals surface area contributed by atoms with Crippen LogP contribution in [-0.4, -0.2) is 6.71 Å². The molecule has 2 aliphatic heterocycles. The molecule has 9 aromatic rings. The zero-order valence-corrected chi connectivity index (χ0v) is 26.0. The highest BCUT2D eigenvalue weighted by Gasteiger charge is 2.44. The molecule has 0 saturated heterocycles. The monoisotopic (exact) mass is 643 g/mol. The molecule has 0 spiro atoms. The number of fused-ring (bicyclic) bond motifs is 13. The fourth-order valence-electron chi connectivity index (χ4n) is 7.47. The van der Waals surface area contributed by atoms with E-state index in [1.807, 2.05) is 66.7 Å². The highest BCUT2D eigenvalue weighted by atomic mass is 32.2. The summed E-state index contributed by atoms with van der Waals surface area (Å²) in [6, 6.07) is 23.1. The number of furan rings is 1. The van der Waals surface area contributed by atoms with Gasteiger partial charge in [-0.25, -0.2) is 0 Å². The van der Waals surface area contributed by atoms with Gasteiger partial charge in [0.1, 0.15) is 11.2 Å². The second-order valence-corrected chi connectivity index (χ2v) is 13.8. The molecule has 2 aliphatic rings. The first-order valence-electron chi connectivity index (χ1n) is 20.1. The maximum Gasteiger partial charge on any atom is 0.254 e. The van der Waals surface area contributed by atoms with Gasteiger partial charge in [-0.15, -0.1) is 11.3 Å². The maximum absolute atomic E-state index is 9.40. The Kier molecular flexibility index (Phi) is 3.74. The van der Waals surface area contributed by atoms with Crippen LogP contribution in [0.2, 0.25) is 0 Å². The topological polar surface area (TPSA) is 16.4 Å². The van der Waals surface area contributed by atoms with Crippen LogP contribution in [0.15, 0.2) is 160 Å². The average molecular weight is 644 g/mol. The van der Waals surface area contributed by atoms with Crippen molar-refractivity contribution in [3.63, 3.8) is 0 Å². The van der Waals surface area contributed by atoms with Gasteiger partial charge in [0.15, 0.2) is 0 Å². The van der Waals surface area contributed by atoms with Gasteiger partial charge in [-0.2, -0.15) is 0 Å². The van der Waals surface area contributed by atoms with Gasteiger partial charge in [0, 0.05) is 47.4 Å². The molecule has 0 atom stereocenters. The van der Waals surface area contributed by atoms with Gasteiger partial charge in [-0.3, -0.25) is 0 Å². The van der Waals surface area contributed by atoms with E-state index in [9.17, 15) is 2.74 Å². The third-order valence-corrected chi connectivity index (χ3v) is 11.6. The lowest BCUT2D eigenvalue weighted by molar-refractivity contribution is 0.671. The number of hydrogen-bond donors (Lipinski definition) is 0. The van der Waals surface area contributed by atoms with Crippen molar-refractivity contribution < 1.29 is 18.1 Å². The summed E-state index contributed by atoms with van der Waals surface area (Å²) in [5.41, 5.74) is 5.22. The Balaban J connectivity index is 1.40. The molecule has 2 nitrogen and oxygen atoms in total. The molecule has 0 amide bonds. The first-order valence-corrected chi connectivity index (χ1v) is 16.8. The van der Waals surface area contributed by atoms with E-state index in [1.165, 1.54) is 11.8 Å². The number of anilines is 3. The molecule has 4 heterocycles. The van der Waals surface area contributed by atoms with Crippen molar-refractivity contribution in [3.05, 3.63) is 145 Å². The van der Waals surface area contributed by atoms with Crippen LogP contribution in [-0.2, 0) is 0 Å².